The van der Waals surface area contributed by atoms with Gasteiger partial charge in [0, 0.05) is 11.6 Å². The lowest BCUT2D eigenvalue weighted by molar-refractivity contribution is 0.201. The van der Waals surface area contributed by atoms with Crippen molar-refractivity contribution in [1.29, 1.82) is 0 Å². The Labute approximate surface area is 127 Å². The van der Waals surface area contributed by atoms with Gasteiger partial charge in [-0.25, -0.2) is 0 Å². The van der Waals surface area contributed by atoms with Crippen LogP contribution in [0.15, 0.2) is 49.2 Å². The third-order valence-electron chi connectivity index (χ3n) is 4.63. The van der Waals surface area contributed by atoms with Crippen LogP contribution in [0.25, 0.3) is 10.9 Å². The molecular weight excluding hydrogens is 256 g/mol. The van der Waals surface area contributed by atoms with Gasteiger partial charge in [0.25, 0.3) is 0 Å². The monoisotopic (exact) mass is 280 g/mol. The molecule has 1 fully saturated rings. The van der Waals surface area contributed by atoms with Crippen molar-refractivity contribution in [3.05, 3.63) is 54.7 Å². The third-order valence-corrected chi connectivity index (χ3v) is 4.63. The van der Waals surface area contributed by atoms with E-state index < -0.39 is 0 Å². The van der Waals surface area contributed by atoms with Crippen molar-refractivity contribution in [3.63, 3.8) is 0 Å². The van der Waals surface area contributed by atoms with Gasteiger partial charge in [0.05, 0.1) is 5.52 Å². The number of para-hydroxylation sites is 1. The van der Waals surface area contributed by atoms with E-state index in [0.717, 1.165) is 17.9 Å². The summed E-state index contributed by atoms with van der Waals surface area (Å²) in [5.74, 6) is 0.741. The van der Waals surface area contributed by atoms with Gasteiger partial charge in [-0.1, -0.05) is 24.3 Å². The lowest BCUT2D eigenvalue weighted by Crippen LogP contribution is -2.34. The lowest BCUT2D eigenvalue weighted by atomic mass is 9.97. The summed E-state index contributed by atoms with van der Waals surface area (Å²) in [6.45, 7) is 7.58. The number of aryl methyl sites for hydroxylation is 1. The molecule has 1 aromatic heterocycles. The van der Waals surface area contributed by atoms with E-state index in [1.54, 1.807) is 0 Å². The van der Waals surface area contributed by atoms with Crippen molar-refractivity contribution in [3.8, 4) is 0 Å². The highest BCUT2D eigenvalue weighted by atomic mass is 15.1. The maximum atomic E-state index is 4.44. The summed E-state index contributed by atoms with van der Waals surface area (Å²) in [5.41, 5.74) is 2.54. The van der Waals surface area contributed by atoms with Crippen LogP contribution in [0.5, 0.6) is 0 Å². The largest absolute Gasteiger partial charge is 0.303 e. The third kappa shape index (κ3) is 3.51. The molecule has 0 bridgehead atoms. The molecule has 0 amide bonds. The second-order valence-corrected chi connectivity index (χ2v) is 6.01. The molecule has 2 heterocycles. The number of benzene rings is 1. The van der Waals surface area contributed by atoms with Gasteiger partial charge in [-0.05, 0) is 68.9 Å². The van der Waals surface area contributed by atoms with Gasteiger partial charge in [0.15, 0.2) is 0 Å². The van der Waals surface area contributed by atoms with Crippen LogP contribution < -0.4 is 0 Å². The van der Waals surface area contributed by atoms with Crippen molar-refractivity contribution in [1.82, 2.24) is 9.88 Å². The fourth-order valence-corrected chi connectivity index (χ4v) is 3.28. The Morgan fingerprint density at radius 2 is 2.00 bits per heavy atom. The number of allylic oxidation sites excluding steroid dienone is 1. The predicted octanol–water partition coefficient (Wildman–Crippen LogP) is 4.07. The van der Waals surface area contributed by atoms with Gasteiger partial charge in [-0.2, -0.15) is 0 Å². The number of nitrogens with zero attached hydrogens (tertiary/aromatic N) is 2. The summed E-state index contributed by atoms with van der Waals surface area (Å²) in [6.07, 6.45) is 8.99. The van der Waals surface area contributed by atoms with E-state index in [2.05, 4.69) is 52.9 Å². The fourth-order valence-electron chi connectivity index (χ4n) is 3.28. The number of fused-ring (bicyclic) bond motifs is 1. The summed E-state index contributed by atoms with van der Waals surface area (Å²) in [6, 6.07) is 10.6. The minimum Gasteiger partial charge on any atom is -0.303 e. The molecule has 1 saturated heterocycles. The number of hydrogen-bond donors (Lipinski definition) is 0. The maximum absolute atomic E-state index is 4.44. The van der Waals surface area contributed by atoms with E-state index >= 15 is 0 Å². The summed E-state index contributed by atoms with van der Waals surface area (Å²) in [7, 11) is 0. The van der Waals surface area contributed by atoms with Gasteiger partial charge in [-0.15, -0.1) is 6.58 Å². The molecule has 0 saturated carbocycles. The van der Waals surface area contributed by atoms with Crippen molar-refractivity contribution in [2.24, 2.45) is 5.92 Å². The maximum Gasteiger partial charge on any atom is 0.0704 e. The predicted molar refractivity (Wildman–Crippen MR) is 89.4 cm³/mol. The zero-order valence-corrected chi connectivity index (χ0v) is 12.7. The summed E-state index contributed by atoms with van der Waals surface area (Å²) >= 11 is 0. The number of aromatic nitrogens is 1. The van der Waals surface area contributed by atoms with Gasteiger partial charge >= 0.3 is 0 Å². The Bertz CT molecular complexity index is 592. The number of hydrogen-bond acceptors (Lipinski definition) is 2. The Morgan fingerprint density at radius 3 is 2.81 bits per heavy atom. The van der Waals surface area contributed by atoms with Crippen molar-refractivity contribution < 1.29 is 0 Å². The van der Waals surface area contributed by atoms with E-state index in [0.29, 0.717) is 0 Å². The van der Waals surface area contributed by atoms with Crippen LogP contribution in [-0.4, -0.2) is 29.5 Å². The van der Waals surface area contributed by atoms with E-state index in [1.807, 2.05) is 6.20 Å². The Balaban J connectivity index is 1.54. The standard InChI is InChI=1S/C19H24N2/c1-2-16-10-14-21(15-11-16)13-5-6-17-9-12-20-19-8-4-3-7-18(17)19/h2-4,7-9,12,16H,1,5-6,10-11,13-15H2. The van der Waals surface area contributed by atoms with E-state index in [9.17, 15) is 0 Å². The average Bonchev–Trinajstić information content (AvgIpc) is 2.56. The quantitative estimate of drug-likeness (QED) is 0.768. The van der Waals surface area contributed by atoms with E-state index in [4.69, 9.17) is 0 Å². The van der Waals surface area contributed by atoms with Crippen LogP contribution in [0.4, 0.5) is 0 Å². The first-order chi connectivity index (χ1) is 10.4. The molecule has 2 heteroatoms. The Morgan fingerprint density at radius 1 is 1.19 bits per heavy atom. The molecule has 1 aliphatic rings. The van der Waals surface area contributed by atoms with Crippen molar-refractivity contribution >= 4 is 10.9 Å². The van der Waals surface area contributed by atoms with E-state index in [-0.39, 0.29) is 0 Å². The van der Waals surface area contributed by atoms with Gasteiger partial charge < -0.3 is 4.90 Å². The van der Waals surface area contributed by atoms with Crippen LogP contribution in [0.3, 0.4) is 0 Å². The van der Waals surface area contributed by atoms with Gasteiger partial charge in [-0.3, -0.25) is 4.98 Å². The summed E-state index contributed by atoms with van der Waals surface area (Å²) < 4.78 is 0. The van der Waals surface area contributed by atoms with Crippen LogP contribution in [-0.2, 0) is 6.42 Å². The smallest absolute Gasteiger partial charge is 0.0704 e. The van der Waals surface area contributed by atoms with Crippen LogP contribution >= 0.6 is 0 Å². The second kappa shape index (κ2) is 6.86. The first-order valence-corrected chi connectivity index (χ1v) is 8.04. The topological polar surface area (TPSA) is 16.1 Å². The minimum absolute atomic E-state index is 0.741. The molecule has 0 unspecified atom stereocenters. The Hall–Kier alpha value is -1.67. The number of rotatable bonds is 5. The first-order valence-electron chi connectivity index (χ1n) is 8.04. The van der Waals surface area contributed by atoms with Gasteiger partial charge in [0.2, 0.25) is 0 Å². The first kappa shape index (κ1) is 14.3. The van der Waals surface area contributed by atoms with E-state index in [1.165, 1.54) is 49.8 Å². The fraction of sp³-hybridized carbons (Fsp3) is 0.421. The molecule has 110 valence electrons. The molecular formula is C19H24N2. The van der Waals surface area contributed by atoms with Gasteiger partial charge in [0.1, 0.15) is 0 Å². The van der Waals surface area contributed by atoms with Crippen LogP contribution in [0.1, 0.15) is 24.8 Å². The molecule has 2 nitrogen and oxygen atoms in total. The Kier molecular flexibility index (Phi) is 4.66. The average molecular weight is 280 g/mol. The molecule has 0 N–H and O–H groups in total. The number of likely N-dealkylation sites (tertiary alicyclic amines) is 1. The molecule has 0 spiro atoms. The minimum atomic E-state index is 0.741. The number of pyridine rings is 1. The summed E-state index contributed by atoms with van der Waals surface area (Å²) in [4.78, 5) is 7.04. The van der Waals surface area contributed by atoms with Crippen LogP contribution in [0, 0.1) is 5.92 Å². The highest BCUT2D eigenvalue weighted by molar-refractivity contribution is 5.81. The molecule has 0 atom stereocenters. The zero-order chi connectivity index (χ0) is 14.5. The molecule has 21 heavy (non-hydrogen) atoms. The second-order valence-electron chi connectivity index (χ2n) is 6.01. The number of piperidine rings is 1. The molecule has 0 radical (unpaired) electrons. The SMILES string of the molecule is C=CC1CCN(CCCc2ccnc3ccccc23)CC1. The molecule has 3 rings (SSSR count). The molecule has 1 aromatic carbocycles. The van der Waals surface area contributed by atoms with Crippen LogP contribution in [0.2, 0.25) is 0 Å². The zero-order valence-electron chi connectivity index (χ0n) is 12.7. The molecule has 0 aliphatic carbocycles. The lowest BCUT2D eigenvalue weighted by Gasteiger charge is -2.30. The normalized spacial score (nSPS) is 17.1. The summed E-state index contributed by atoms with van der Waals surface area (Å²) in [5, 5.41) is 1.31. The highest BCUT2D eigenvalue weighted by Gasteiger charge is 2.16. The molecule has 2 aromatic rings. The highest BCUT2D eigenvalue weighted by Crippen LogP contribution is 2.20. The van der Waals surface area contributed by atoms with Crippen molar-refractivity contribution in [2.45, 2.75) is 25.7 Å². The van der Waals surface area contributed by atoms with Crippen molar-refractivity contribution in [2.75, 3.05) is 19.6 Å². The molecule has 1 aliphatic heterocycles.